The van der Waals surface area contributed by atoms with Gasteiger partial charge in [0, 0.05) is 12.0 Å². The molecular formula is C11H22N2O3. The second-order valence-corrected chi connectivity index (χ2v) is 5.15. The molecule has 1 fully saturated rings. The summed E-state index contributed by atoms with van der Waals surface area (Å²) >= 11 is 0. The summed E-state index contributed by atoms with van der Waals surface area (Å²) in [5, 5.41) is 24.4. The highest BCUT2D eigenvalue weighted by Gasteiger charge is 2.35. The average molecular weight is 230 g/mol. The van der Waals surface area contributed by atoms with E-state index < -0.39 is 5.60 Å². The van der Waals surface area contributed by atoms with E-state index >= 15 is 0 Å². The number of aliphatic hydroxyl groups excluding tert-OH is 1. The molecule has 0 aromatic heterocycles. The first-order valence-electron chi connectivity index (χ1n) is 5.72. The van der Waals surface area contributed by atoms with Crippen LogP contribution in [0.4, 0.5) is 0 Å². The largest absolute Gasteiger partial charge is 0.393 e. The monoisotopic (exact) mass is 230 g/mol. The normalized spacial score (nSPS) is 23.5. The molecule has 1 heterocycles. The molecule has 0 saturated carbocycles. The third kappa shape index (κ3) is 3.43. The highest BCUT2D eigenvalue weighted by molar-refractivity contribution is 5.82. The van der Waals surface area contributed by atoms with Crippen molar-refractivity contribution in [3.8, 4) is 0 Å². The zero-order chi connectivity index (χ0) is 12.2. The number of carbonyl (C=O) groups is 1. The van der Waals surface area contributed by atoms with Crippen molar-refractivity contribution >= 4 is 5.91 Å². The predicted octanol–water partition coefficient (Wildman–Crippen LogP) is -0.764. The molecule has 0 aromatic carbocycles. The van der Waals surface area contributed by atoms with Gasteiger partial charge in [-0.05, 0) is 32.9 Å². The van der Waals surface area contributed by atoms with Crippen LogP contribution in [0.25, 0.3) is 0 Å². The van der Waals surface area contributed by atoms with Gasteiger partial charge in [0.2, 0.25) is 5.91 Å². The first-order chi connectivity index (χ1) is 7.40. The molecule has 5 nitrogen and oxygen atoms in total. The quantitative estimate of drug-likeness (QED) is 0.511. The number of aliphatic hydroxyl groups is 2. The number of amides is 1. The zero-order valence-corrected chi connectivity index (χ0v) is 10.0. The van der Waals surface area contributed by atoms with Crippen LogP contribution in [0.2, 0.25) is 0 Å². The molecule has 4 N–H and O–H groups in total. The minimum atomic E-state index is -1.24. The van der Waals surface area contributed by atoms with Gasteiger partial charge >= 0.3 is 0 Å². The summed E-state index contributed by atoms with van der Waals surface area (Å²) in [4.78, 5) is 12.0. The highest BCUT2D eigenvalue weighted by atomic mass is 16.3. The van der Waals surface area contributed by atoms with Gasteiger partial charge in [-0.1, -0.05) is 6.92 Å². The Morgan fingerprint density at radius 3 is 2.56 bits per heavy atom. The molecule has 16 heavy (non-hydrogen) atoms. The van der Waals surface area contributed by atoms with Gasteiger partial charge in [-0.25, -0.2) is 0 Å². The number of piperidine rings is 1. The molecule has 0 bridgehead atoms. The third-order valence-electron chi connectivity index (χ3n) is 3.23. The summed E-state index contributed by atoms with van der Waals surface area (Å²) in [6.45, 7) is 4.87. The maximum absolute atomic E-state index is 12.0. The van der Waals surface area contributed by atoms with Crippen molar-refractivity contribution in [3.63, 3.8) is 0 Å². The second kappa shape index (κ2) is 5.12. The van der Waals surface area contributed by atoms with Gasteiger partial charge in [-0.15, -0.1) is 0 Å². The van der Waals surface area contributed by atoms with E-state index in [1.165, 1.54) is 6.92 Å². The number of hydrogen-bond donors (Lipinski definition) is 4. The van der Waals surface area contributed by atoms with Crippen LogP contribution in [0.5, 0.6) is 0 Å². The second-order valence-electron chi connectivity index (χ2n) is 5.15. The molecule has 0 aromatic rings. The minimum Gasteiger partial charge on any atom is -0.393 e. The summed E-state index contributed by atoms with van der Waals surface area (Å²) in [5.74, 6) is -0.0391. The van der Waals surface area contributed by atoms with Gasteiger partial charge in [0.25, 0.3) is 0 Å². The van der Waals surface area contributed by atoms with Crippen LogP contribution in [0.15, 0.2) is 0 Å². The fourth-order valence-electron chi connectivity index (χ4n) is 1.75. The number of nitrogens with one attached hydrogen (secondary N) is 2. The maximum Gasteiger partial charge on any atom is 0.226 e. The van der Waals surface area contributed by atoms with E-state index in [0.717, 1.165) is 25.9 Å². The topological polar surface area (TPSA) is 81.6 Å². The Bertz CT molecular complexity index is 248. The van der Waals surface area contributed by atoms with Gasteiger partial charge in [0.1, 0.15) is 5.60 Å². The van der Waals surface area contributed by atoms with Crippen LogP contribution in [-0.2, 0) is 4.79 Å². The van der Waals surface area contributed by atoms with Crippen LogP contribution in [-0.4, -0.2) is 48.0 Å². The third-order valence-corrected chi connectivity index (χ3v) is 3.23. The minimum absolute atomic E-state index is 0.0391. The van der Waals surface area contributed by atoms with E-state index in [2.05, 4.69) is 10.6 Å². The summed E-state index contributed by atoms with van der Waals surface area (Å²) in [6.07, 6.45) is 1.61. The van der Waals surface area contributed by atoms with Gasteiger partial charge in [0.15, 0.2) is 0 Å². The van der Waals surface area contributed by atoms with Gasteiger partial charge in [0.05, 0.1) is 6.61 Å². The molecule has 1 rings (SSSR count). The van der Waals surface area contributed by atoms with Crippen molar-refractivity contribution in [2.75, 3.05) is 26.2 Å². The van der Waals surface area contributed by atoms with Crippen molar-refractivity contribution in [2.24, 2.45) is 5.41 Å². The Kier molecular flexibility index (Phi) is 4.29. The van der Waals surface area contributed by atoms with Gasteiger partial charge in [-0.2, -0.15) is 0 Å². The Morgan fingerprint density at radius 1 is 1.50 bits per heavy atom. The van der Waals surface area contributed by atoms with Crippen LogP contribution < -0.4 is 10.6 Å². The standard InChI is InChI=1S/C11H22N2O3/c1-10(3-5-12-6-4-10)9(15)13-7-11(2,16)8-14/h12,14,16H,3-8H2,1-2H3,(H,13,15). The number of rotatable bonds is 4. The van der Waals surface area contributed by atoms with Crippen LogP contribution in [0.1, 0.15) is 26.7 Å². The summed E-state index contributed by atoms with van der Waals surface area (Å²) in [7, 11) is 0. The van der Waals surface area contributed by atoms with Crippen molar-refractivity contribution in [1.29, 1.82) is 0 Å². The Labute approximate surface area is 96.2 Å². The van der Waals surface area contributed by atoms with E-state index in [1.54, 1.807) is 0 Å². The van der Waals surface area contributed by atoms with Gasteiger partial charge < -0.3 is 20.8 Å². The van der Waals surface area contributed by atoms with Gasteiger partial charge in [-0.3, -0.25) is 4.79 Å². The lowest BCUT2D eigenvalue weighted by Crippen LogP contribution is -2.50. The van der Waals surface area contributed by atoms with E-state index in [4.69, 9.17) is 5.11 Å². The maximum atomic E-state index is 12.0. The predicted molar refractivity (Wildman–Crippen MR) is 60.9 cm³/mol. The molecule has 1 saturated heterocycles. The molecule has 1 amide bonds. The van der Waals surface area contributed by atoms with Crippen LogP contribution in [0.3, 0.4) is 0 Å². The molecule has 0 spiro atoms. The summed E-state index contributed by atoms with van der Waals surface area (Å²) in [5.41, 5.74) is -1.59. The van der Waals surface area contributed by atoms with Crippen molar-refractivity contribution in [1.82, 2.24) is 10.6 Å². The number of carbonyl (C=O) groups excluding carboxylic acids is 1. The molecule has 1 atom stereocenters. The molecular weight excluding hydrogens is 208 g/mol. The molecule has 0 radical (unpaired) electrons. The van der Waals surface area contributed by atoms with Crippen molar-refractivity contribution < 1.29 is 15.0 Å². The van der Waals surface area contributed by atoms with Crippen molar-refractivity contribution in [2.45, 2.75) is 32.3 Å². The first-order valence-corrected chi connectivity index (χ1v) is 5.72. The Morgan fingerprint density at radius 2 is 2.06 bits per heavy atom. The fraction of sp³-hybridized carbons (Fsp3) is 0.909. The fourth-order valence-corrected chi connectivity index (χ4v) is 1.75. The van der Waals surface area contributed by atoms with E-state index in [1.807, 2.05) is 6.92 Å². The molecule has 5 heteroatoms. The molecule has 1 aliphatic heterocycles. The Balaban J connectivity index is 2.45. The zero-order valence-electron chi connectivity index (χ0n) is 10.0. The van der Waals surface area contributed by atoms with Crippen LogP contribution >= 0.6 is 0 Å². The lowest BCUT2D eigenvalue weighted by atomic mass is 9.80. The molecule has 1 aliphatic rings. The Hall–Kier alpha value is -0.650. The molecule has 94 valence electrons. The smallest absolute Gasteiger partial charge is 0.226 e. The average Bonchev–Trinajstić information content (AvgIpc) is 2.27. The highest BCUT2D eigenvalue weighted by Crippen LogP contribution is 2.27. The van der Waals surface area contributed by atoms with Crippen molar-refractivity contribution in [3.05, 3.63) is 0 Å². The van der Waals surface area contributed by atoms with E-state index in [0.29, 0.717) is 0 Å². The summed E-state index contributed by atoms with van der Waals surface area (Å²) < 4.78 is 0. The first kappa shape index (κ1) is 13.4. The lowest BCUT2D eigenvalue weighted by Gasteiger charge is -2.33. The number of hydrogen-bond acceptors (Lipinski definition) is 4. The molecule has 0 aliphatic carbocycles. The lowest BCUT2D eigenvalue weighted by molar-refractivity contribution is -0.133. The van der Waals surface area contributed by atoms with Crippen LogP contribution in [0, 0.1) is 5.41 Å². The summed E-state index contributed by atoms with van der Waals surface area (Å²) in [6, 6.07) is 0. The molecule has 1 unspecified atom stereocenters. The van der Waals surface area contributed by atoms with E-state index in [9.17, 15) is 9.90 Å². The SMILES string of the molecule is CC(O)(CO)CNC(=O)C1(C)CCNCC1. The van der Waals surface area contributed by atoms with E-state index in [-0.39, 0.29) is 24.5 Å².